The second kappa shape index (κ2) is 6.70. The minimum absolute atomic E-state index is 0.186. The van der Waals surface area contributed by atoms with Crippen LogP contribution in [-0.4, -0.2) is 29.3 Å². The molecule has 5 nitrogen and oxygen atoms in total. The number of carboxylic acids is 2. The quantitative estimate of drug-likeness (QED) is 0.544. The molecule has 2 N–H and O–H groups in total. The fourth-order valence-corrected chi connectivity index (χ4v) is 3.44. The SMILES string of the molecule is COc1ccc(C=C2c3cc(C(=O)O)ccc3-c3ccc(C(=O)O)cc32)cc1. The van der Waals surface area contributed by atoms with Gasteiger partial charge in [0.15, 0.2) is 0 Å². The highest BCUT2D eigenvalue weighted by molar-refractivity contribution is 6.09. The number of fused-ring (bicyclic) bond motifs is 3. The largest absolute Gasteiger partial charge is 0.497 e. The van der Waals surface area contributed by atoms with Crippen molar-refractivity contribution in [3.63, 3.8) is 0 Å². The zero-order valence-electron chi connectivity index (χ0n) is 15.0. The highest BCUT2D eigenvalue weighted by atomic mass is 16.5. The molecule has 0 saturated carbocycles. The molecular weight excluding hydrogens is 356 g/mol. The van der Waals surface area contributed by atoms with Crippen molar-refractivity contribution < 1.29 is 24.5 Å². The first-order valence-electron chi connectivity index (χ1n) is 8.59. The molecule has 0 heterocycles. The molecule has 3 aromatic carbocycles. The number of benzene rings is 3. The average Bonchev–Trinajstić information content (AvgIpc) is 3.01. The molecule has 0 atom stereocenters. The molecule has 28 heavy (non-hydrogen) atoms. The van der Waals surface area contributed by atoms with E-state index in [1.54, 1.807) is 43.5 Å². The molecule has 138 valence electrons. The molecule has 4 rings (SSSR count). The maximum atomic E-state index is 11.4. The maximum Gasteiger partial charge on any atom is 0.335 e. The molecule has 0 spiro atoms. The molecule has 0 aliphatic heterocycles. The first-order valence-corrected chi connectivity index (χ1v) is 8.59. The van der Waals surface area contributed by atoms with Crippen LogP contribution in [0.25, 0.3) is 22.8 Å². The summed E-state index contributed by atoms with van der Waals surface area (Å²) in [5, 5.41) is 18.7. The number of carbonyl (C=O) groups is 2. The van der Waals surface area contributed by atoms with Crippen LogP contribution in [0.2, 0.25) is 0 Å². The first-order chi connectivity index (χ1) is 13.5. The fourth-order valence-electron chi connectivity index (χ4n) is 3.44. The van der Waals surface area contributed by atoms with Crippen LogP contribution in [0.4, 0.5) is 0 Å². The molecule has 1 aliphatic rings. The van der Waals surface area contributed by atoms with Crippen molar-refractivity contribution in [3.8, 4) is 16.9 Å². The van der Waals surface area contributed by atoms with E-state index in [0.29, 0.717) is 0 Å². The zero-order chi connectivity index (χ0) is 19.8. The van der Waals surface area contributed by atoms with Crippen molar-refractivity contribution in [2.45, 2.75) is 0 Å². The minimum Gasteiger partial charge on any atom is -0.497 e. The molecule has 0 aromatic heterocycles. The topological polar surface area (TPSA) is 83.8 Å². The van der Waals surface area contributed by atoms with E-state index in [9.17, 15) is 19.8 Å². The van der Waals surface area contributed by atoms with Crippen LogP contribution in [0.1, 0.15) is 37.4 Å². The van der Waals surface area contributed by atoms with Crippen molar-refractivity contribution in [3.05, 3.63) is 88.5 Å². The highest BCUT2D eigenvalue weighted by Gasteiger charge is 2.25. The standard InChI is InChI=1S/C23H16O5/c1-28-16-6-2-13(3-7-16)10-19-20-11-14(22(24)25)4-8-17(20)18-9-5-15(23(26)27)12-21(18)19/h2-12H,1H3,(H,24,25)(H,26,27). The van der Waals surface area contributed by atoms with Gasteiger partial charge in [-0.25, -0.2) is 9.59 Å². The van der Waals surface area contributed by atoms with E-state index in [2.05, 4.69) is 0 Å². The fraction of sp³-hybridized carbons (Fsp3) is 0.0435. The van der Waals surface area contributed by atoms with E-state index in [-0.39, 0.29) is 11.1 Å². The molecule has 0 fully saturated rings. The Hall–Kier alpha value is -3.86. The van der Waals surface area contributed by atoms with Crippen molar-refractivity contribution >= 4 is 23.6 Å². The summed E-state index contributed by atoms with van der Waals surface area (Å²) < 4.78 is 5.18. The third kappa shape index (κ3) is 2.93. The lowest BCUT2D eigenvalue weighted by Crippen LogP contribution is -1.97. The van der Waals surface area contributed by atoms with Crippen LogP contribution in [0.15, 0.2) is 60.7 Å². The second-order valence-electron chi connectivity index (χ2n) is 6.46. The number of hydrogen-bond donors (Lipinski definition) is 2. The van der Waals surface area contributed by atoms with Crippen molar-refractivity contribution in [1.82, 2.24) is 0 Å². The normalized spacial score (nSPS) is 11.5. The highest BCUT2D eigenvalue weighted by Crippen LogP contribution is 2.45. The van der Waals surface area contributed by atoms with Gasteiger partial charge in [0.2, 0.25) is 0 Å². The van der Waals surface area contributed by atoms with E-state index in [1.807, 2.05) is 30.3 Å². The summed E-state index contributed by atoms with van der Waals surface area (Å²) in [5.74, 6) is -1.28. The number of methoxy groups -OCH3 is 1. The number of ether oxygens (including phenoxy) is 1. The van der Waals surface area contributed by atoms with Crippen LogP contribution in [-0.2, 0) is 0 Å². The summed E-state index contributed by atoms with van der Waals surface area (Å²) in [6.07, 6.45) is 1.93. The van der Waals surface area contributed by atoms with Gasteiger partial charge >= 0.3 is 11.9 Å². The summed E-state index contributed by atoms with van der Waals surface area (Å²) in [7, 11) is 1.60. The molecule has 1 aliphatic carbocycles. The predicted octanol–water partition coefficient (Wildman–Crippen LogP) is 4.66. The lowest BCUT2D eigenvalue weighted by Gasteiger charge is -2.06. The average molecular weight is 372 g/mol. The molecule has 0 radical (unpaired) electrons. The summed E-state index contributed by atoms with van der Waals surface area (Å²) in [4.78, 5) is 22.9. The van der Waals surface area contributed by atoms with Crippen molar-refractivity contribution in [2.24, 2.45) is 0 Å². The van der Waals surface area contributed by atoms with Gasteiger partial charge in [-0.05, 0) is 75.9 Å². The van der Waals surface area contributed by atoms with Gasteiger partial charge in [0, 0.05) is 0 Å². The smallest absolute Gasteiger partial charge is 0.335 e. The lowest BCUT2D eigenvalue weighted by atomic mass is 9.98. The van der Waals surface area contributed by atoms with E-state index in [0.717, 1.165) is 39.1 Å². The van der Waals surface area contributed by atoms with Crippen LogP contribution >= 0.6 is 0 Å². The van der Waals surface area contributed by atoms with Crippen LogP contribution in [0.3, 0.4) is 0 Å². The Morgan fingerprint density at radius 1 is 0.750 bits per heavy atom. The van der Waals surface area contributed by atoms with Crippen molar-refractivity contribution in [2.75, 3.05) is 7.11 Å². The monoisotopic (exact) mass is 372 g/mol. The van der Waals surface area contributed by atoms with E-state index in [4.69, 9.17) is 4.74 Å². The van der Waals surface area contributed by atoms with E-state index >= 15 is 0 Å². The molecule has 5 heteroatoms. The Morgan fingerprint density at radius 2 is 1.25 bits per heavy atom. The third-order valence-electron chi connectivity index (χ3n) is 4.83. The van der Waals surface area contributed by atoms with Gasteiger partial charge in [0.1, 0.15) is 5.75 Å². The van der Waals surface area contributed by atoms with Gasteiger partial charge in [0.25, 0.3) is 0 Å². The number of hydrogen-bond acceptors (Lipinski definition) is 3. The second-order valence-corrected chi connectivity index (χ2v) is 6.46. The maximum absolute atomic E-state index is 11.4. The number of carboxylic acid groups (broad SMARTS) is 2. The summed E-state index contributed by atoms with van der Waals surface area (Å²) >= 11 is 0. The van der Waals surface area contributed by atoms with E-state index in [1.165, 1.54) is 0 Å². The van der Waals surface area contributed by atoms with Gasteiger partial charge < -0.3 is 14.9 Å². The molecule has 0 amide bonds. The molecule has 3 aromatic rings. The molecule has 0 bridgehead atoms. The zero-order valence-corrected chi connectivity index (χ0v) is 15.0. The summed E-state index contributed by atoms with van der Waals surface area (Å²) in [5.41, 5.74) is 5.38. The van der Waals surface area contributed by atoms with Crippen LogP contribution < -0.4 is 4.74 Å². The van der Waals surface area contributed by atoms with E-state index < -0.39 is 11.9 Å². The number of rotatable bonds is 4. The molecular formula is C23H16O5. The van der Waals surface area contributed by atoms with Gasteiger partial charge in [-0.2, -0.15) is 0 Å². The Labute approximate surface area is 161 Å². The molecule has 0 saturated heterocycles. The lowest BCUT2D eigenvalue weighted by molar-refractivity contribution is 0.0686. The van der Waals surface area contributed by atoms with Gasteiger partial charge in [-0.3, -0.25) is 0 Å². The Bertz CT molecular complexity index is 1070. The Kier molecular flexibility index (Phi) is 4.20. The first kappa shape index (κ1) is 17.5. The van der Waals surface area contributed by atoms with Crippen LogP contribution in [0.5, 0.6) is 5.75 Å². The van der Waals surface area contributed by atoms with Gasteiger partial charge in [-0.1, -0.05) is 24.3 Å². The molecule has 0 unspecified atom stereocenters. The minimum atomic E-state index is -1.01. The van der Waals surface area contributed by atoms with Crippen LogP contribution in [0, 0.1) is 0 Å². The summed E-state index contributed by atoms with van der Waals surface area (Å²) in [6, 6.07) is 17.4. The Balaban J connectivity index is 1.94. The van der Waals surface area contributed by atoms with Gasteiger partial charge in [0.05, 0.1) is 18.2 Å². The third-order valence-corrected chi connectivity index (χ3v) is 4.83. The number of aromatic carboxylic acids is 2. The summed E-state index contributed by atoms with van der Waals surface area (Å²) in [6.45, 7) is 0. The Morgan fingerprint density at radius 3 is 1.68 bits per heavy atom. The predicted molar refractivity (Wildman–Crippen MR) is 106 cm³/mol. The van der Waals surface area contributed by atoms with Crippen molar-refractivity contribution in [1.29, 1.82) is 0 Å². The van der Waals surface area contributed by atoms with Gasteiger partial charge in [-0.15, -0.1) is 0 Å².